The molecule has 2 nitrogen and oxygen atoms in total. The Morgan fingerprint density at radius 2 is 1.46 bits per heavy atom. The van der Waals surface area contributed by atoms with Gasteiger partial charge in [0.15, 0.2) is 0 Å². The first-order valence-electron chi connectivity index (χ1n) is 8.03. The van der Waals surface area contributed by atoms with Crippen LogP contribution in [-0.2, 0) is 45.6 Å². The monoisotopic (exact) mass is 395 g/mol. The Morgan fingerprint density at radius 3 is 2.08 bits per heavy atom. The Labute approximate surface area is 170 Å². The molecule has 0 saturated heterocycles. The fourth-order valence-corrected chi connectivity index (χ4v) is 3.06. The van der Waals surface area contributed by atoms with Gasteiger partial charge in [-0.2, -0.15) is 0 Å². The standard InChI is InChI=1S/C18H15NO.C2H6.CH3.Y/c1-2-16-17-14-9-5-3-7-12(14)11-13-8-4-6-10-15(13)18(17)19-20-16;1-2;;/h3-10H,2,11H2,1H3;1-2H3;1H3;/q;;-1;. The zero-order chi connectivity index (χ0) is 15.5. The van der Waals surface area contributed by atoms with Gasteiger partial charge in [-0.05, 0) is 23.1 Å². The van der Waals surface area contributed by atoms with Gasteiger partial charge >= 0.3 is 0 Å². The van der Waals surface area contributed by atoms with Crippen molar-refractivity contribution in [2.24, 2.45) is 0 Å². The summed E-state index contributed by atoms with van der Waals surface area (Å²) in [6.07, 6.45) is 1.81. The normalized spacial score (nSPS) is 10.5. The molecule has 0 spiro atoms. The molecule has 1 radical (unpaired) electrons. The summed E-state index contributed by atoms with van der Waals surface area (Å²) in [7, 11) is 0. The molecule has 0 atom stereocenters. The van der Waals surface area contributed by atoms with Gasteiger partial charge < -0.3 is 11.9 Å². The molecule has 0 amide bonds. The fraction of sp³-hybridized carbons (Fsp3) is 0.238. The Kier molecular flexibility index (Phi) is 8.05. The zero-order valence-electron chi connectivity index (χ0n) is 15.0. The van der Waals surface area contributed by atoms with Gasteiger partial charge in [-0.25, -0.2) is 0 Å². The maximum atomic E-state index is 5.59. The molecule has 1 aliphatic rings. The van der Waals surface area contributed by atoms with Crippen molar-refractivity contribution in [3.63, 3.8) is 0 Å². The maximum Gasteiger partial charge on any atom is 0.144 e. The average Bonchev–Trinajstić information content (AvgIpc) is 2.95. The van der Waals surface area contributed by atoms with Gasteiger partial charge in [0.2, 0.25) is 0 Å². The van der Waals surface area contributed by atoms with Crippen LogP contribution in [0.4, 0.5) is 0 Å². The second kappa shape index (κ2) is 9.29. The Bertz CT molecular complexity index is 792. The minimum Gasteiger partial charge on any atom is -0.360 e. The predicted octanol–water partition coefficient (Wildman–Crippen LogP) is 5.95. The summed E-state index contributed by atoms with van der Waals surface area (Å²) in [4.78, 5) is 0. The second-order valence-electron chi connectivity index (χ2n) is 5.17. The van der Waals surface area contributed by atoms with Gasteiger partial charge in [0, 0.05) is 44.7 Å². The first-order chi connectivity index (χ1) is 10.9. The van der Waals surface area contributed by atoms with Crippen LogP contribution in [0.2, 0.25) is 0 Å². The van der Waals surface area contributed by atoms with E-state index >= 15 is 0 Å². The van der Waals surface area contributed by atoms with E-state index in [0.717, 1.165) is 24.3 Å². The van der Waals surface area contributed by atoms with Crippen molar-refractivity contribution in [3.8, 4) is 22.4 Å². The van der Waals surface area contributed by atoms with Crippen LogP contribution >= 0.6 is 0 Å². The number of nitrogens with zero attached hydrogens (tertiary/aromatic N) is 1. The van der Waals surface area contributed by atoms with Gasteiger partial charge in [-0.15, -0.1) is 0 Å². The molecule has 4 rings (SSSR count). The quantitative estimate of drug-likeness (QED) is 0.372. The minimum absolute atomic E-state index is 0. The molecule has 3 aromatic rings. The van der Waals surface area contributed by atoms with Crippen LogP contribution in [0.1, 0.15) is 37.7 Å². The van der Waals surface area contributed by atoms with E-state index in [2.05, 4.69) is 60.6 Å². The SMILES string of the molecule is CC.CCc1onc2c1-c1ccccc1Cc1ccccc1-2.[CH3-].[Y]. The van der Waals surface area contributed by atoms with Gasteiger partial charge in [0.1, 0.15) is 11.5 Å². The van der Waals surface area contributed by atoms with Crippen LogP contribution in [0.15, 0.2) is 53.1 Å². The zero-order valence-corrected chi connectivity index (χ0v) is 17.8. The largest absolute Gasteiger partial charge is 0.360 e. The van der Waals surface area contributed by atoms with E-state index in [-0.39, 0.29) is 40.1 Å². The van der Waals surface area contributed by atoms with Crippen LogP contribution in [0.5, 0.6) is 0 Å². The van der Waals surface area contributed by atoms with Crippen molar-refractivity contribution in [1.82, 2.24) is 5.16 Å². The number of fused-ring (bicyclic) bond motifs is 5. The average molecular weight is 395 g/mol. The third-order valence-corrected chi connectivity index (χ3v) is 4.02. The summed E-state index contributed by atoms with van der Waals surface area (Å²) >= 11 is 0. The molecule has 0 fully saturated rings. The predicted molar refractivity (Wildman–Crippen MR) is 97.3 cm³/mol. The summed E-state index contributed by atoms with van der Waals surface area (Å²) in [5.74, 6) is 0.976. The number of rotatable bonds is 1. The van der Waals surface area contributed by atoms with Crippen molar-refractivity contribution in [2.45, 2.75) is 33.6 Å². The van der Waals surface area contributed by atoms with E-state index < -0.39 is 0 Å². The van der Waals surface area contributed by atoms with Crippen LogP contribution in [0, 0.1) is 7.43 Å². The molecule has 1 aliphatic carbocycles. The third kappa shape index (κ3) is 3.55. The summed E-state index contributed by atoms with van der Waals surface area (Å²) in [6.45, 7) is 6.11. The smallest absolute Gasteiger partial charge is 0.144 e. The van der Waals surface area contributed by atoms with Gasteiger partial charge in [-0.3, -0.25) is 0 Å². The minimum atomic E-state index is 0. The van der Waals surface area contributed by atoms with Crippen molar-refractivity contribution < 1.29 is 37.2 Å². The van der Waals surface area contributed by atoms with Crippen LogP contribution in [0.25, 0.3) is 22.4 Å². The van der Waals surface area contributed by atoms with Crippen molar-refractivity contribution >= 4 is 0 Å². The number of hydrogen-bond donors (Lipinski definition) is 0. The summed E-state index contributed by atoms with van der Waals surface area (Å²) in [5.41, 5.74) is 7.28. The van der Waals surface area contributed by atoms with Gasteiger partial charge in [0.25, 0.3) is 0 Å². The number of aryl methyl sites for hydroxylation is 1. The van der Waals surface area contributed by atoms with Crippen LogP contribution < -0.4 is 0 Å². The van der Waals surface area contributed by atoms with E-state index in [1.54, 1.807) is 0 Å². The number of aromatic nitrogens is 1. The summed E-state index contributed by atoms with van der Waals surface area (Å²) < 4.78 is 5.59. The summed E-state index contributed by atoms with van der Waals surface area (Å²) in [5, 5.41) is 4.35. The molecule has 0 N–H and O–H groups in total. The Morgan fingerprint density at radius 1 is 0.917 bits per heavy atom. The van der Waals surface area contributed by atoms with E-state index in [1.165, 1.54) is 27.8 Å². The molecule has 1 aromatic heterocycles. The van der Waals surface area contributed by atoms with Gasteiger partial charge in [0.05, 0.1) is 5.56 Å². The second-order valence-corrected chi connectivity index (χ2v) is 5.17. The molecular formula is C21H24NOY-. The first-order valence-corrected chi connectivity index (χ1v) is 8.03. The first kappa shape index (κ1) is 20.8. The molecular weight excluding hydrogens is 371 g/mol. The topological polar surface area (TPSA) is 26.0 Å². The molecule has 2 aromatic carbocycles. The van der Waals surface area contributed by atoms with Crippen LogP contribution in [-0.4, -0.2) is 5.16 Å². The van der Waals surface area contributed by atoms with Crippen molar-refractivity contribution in [1.29, 1.82) is 0 Å². The summed E-state index contributed by atoms with van der Waals surface area (Å²) in [6, 6.07) is 17.1. The molecule has 24 heavy (non-hydrogen) atoms. The van der Waals surface area contributed by atoms with Gasteiger partial charge in [-0.1, -0.05) is 74.5 Å². The van der Waals surface area contributed by atoms with Crippen molar-refractivity contribution in [2.75, 3.05) is 0 Å². The Hall–Kier alpha value is -1.25. The molecule has 0 unspecified atom stereocenters. The van der Waals surface area contributed by atoms with Crippen molar-refractivity contribution in [3.05, 3.63) is 72.8 Å². The van der Waals surface area contributed by atoms with E-state index in [0.29, 0.717) is 0 Å². The third-order valence-electron chi connectivity index (χ3n) is 4.02. The number of benzene rings is 2. The molecule has 0 saturated carbocycles. The fourth-order valence-electron chi connectivity index (χ4n) is 3.06. The molecule has 1 heterocycles. The molecule has 0 bridgehead atoms. The Balaban J connectivity index is 0.000000695. The van der Waals surface area contributed by atoms with E-state index in [9.17, 15) is 0 Å². The number of hydrogen-bond acceptors (Lipinski definition) is 2. The van der Waals surface area contributed by atoms with Crippen LogP contribution in [0.3, 0.4) is 0 Å². The van der Waals surface area contributed by atoms with E-state index in [4.69, 9.17) is 4.52 Å². The molecule has 3 heteroatoms. The maximum absolute atomic E-state index is 5.59. The molecule has 0 aliphatic heterocycles. The van der Waals surface area contributed by atoms with E-state index in [1.807, 2.05) is 13.8 Å². The molecule has 123 valence electrons.